The highest BCUT2D eigenvalue weighted by molar-refractivity contribution is 5.79. The molecule has 2 atom stereocenters. The van der Waals surface area contributed by atoms with E-state index in [9.17, 15) is 4.79 Å². The van der Waals surface area contributed by atoms with Gasteiger partial charge in [-0.25, -0.2) is 0 Å². The lowest BCUT2D eigenvalue weighted by Crippen LogP contribution is -2.54. The summed E-state index contributed by atoms with van der Waals surface area (Å²) in [7, 11) is 4.24. The van der Waals surface area contributed by atoms with Crippen molar-refractivity contribution < 1.29 is 4.79 Å². The van der Waals surface area contributed by atoms with Crippen LogP contribution < -0.4 is 11.1 Å². The van der Waals surface area contributed by atoms with Crippen molar-refractivity contribution in [1.29, 1.82) is 0 Å². The van der Waals surface area contributed by atoms with Crippen molar-refractivity contribution in [1.82, 2.24) is 10.2 Å². The average Bonchev–Trinajstić information content (AvgIpc) is 2.59. The van der Waals surface area contributed by atoms with Crippen LogP contribution in [0.25, 0.3) is 0 Å². The third kappa shape index (κ3) is 4.33. The van der Waals surface area contributed by atoms with E-state index in [-0.39, 0.29) is 23.4 Å². The molecular formula is C19H31N3O. The molecule has 1 fully saturated rings. The van der Waals surface area contributed by atoms with Crippen LogP contribution >= 0.6 is 0 Å². The van der Waals surface area contributed by atoms with E-state index in [1.807, 2.05) is 37.3 Å². The largest absolute Gasteiger partial charge is 0.354 e. The first-order chi connectivity index (χ1) is 11.0. The number of benzene rings is 1. The topological polar surface area (TPSA) is 58.4 Å². The first-order valence-electron chi connectivity index (χ1n) is 8.72. The molecule has 1 aliphatic rings. The van der Waals surface area contributed by atoms with Gasteiger partial charge in [-0.1, -0.05) is 56.5 Å². The number of nitrogens with two attached hydrogens (primary N) is 1. The standard InChI is InChI=1S/C19H31N3O/c1-15(17(20)16-10-6-4-7-11-16)18(23)21-14-19(22(2)3)12-8-5-9-13-19/h4,6-7,10-11,15,17H,5,8-9,12-14,20H2,1-3H3,(H,21,23). The first kappa shape index (κ1) is 18.0. The summed E-state index contributed by atoms with van der Waals surface area (Å²) in [5.74, 6) is -0.187. The minimum atomic E-state index is -0.266. The zero-order valence-electron chi connectivity index (χ0n) is 14.7. The number of nitrogens with one attached hydrogen (secondary N) is 1. The molecular weight excluding hydrogens is 286 g/mol. The lowest BCUT2D eigenvalue weighted by atomic mass is 9.80. The molecule has 23 heavy (non-hydrogen) atoms. The predicted octanol–water partition coefficient (Wildman–Crippen LogP) is 2.70. The van der Waals surface area contributed by atoms with Gasteiger partial charge < -0.3 is 16.0 Å². The highest BCUT2D eigenvalue weighted by Crippen LogP contribution is 2.31. The predicted molar refractivity (Wildman–Crippen MR) is 95.0 cm³/mol. The molecule has 0 radical (unpaired) electrons. The summed E-state index contributed by atoms with van der Waals surface area (Å²) in [6, 6.07) is 9.59. The van der Waals surface area contributed by atoms with Gasteiger partial charge in [0.15, 0.2) is 0 Å². The summed E-state index contributed by atoms with van der Waals surface area (Å²) < 4.78 is 0. The number of rotatable bonds is 6. The van der Waals surface area contributed by atoms with Crippen LogP contribution in [-0.4, -0.2) is 37.0 Å². The van der Waals surface area contributed by atoms with Crippen LogP contribution in [0.3, 0.4) is 0 Å². The molecule has 0 aromatic heterocycles. The first-order valence-corrected chi connectivity index (χ1v) is 8.72. The molecule has 1 aromatic rings. The van der Waals surface area contributed by atoms with E-state index in [0.717, 1.165) is 18.4 Å². The molecule has 1 aliphatic carbocycles. The Morgan fingerprint density at radius 1 is 1.22 bits per heavy atom. The molecule has 2 unspecified atom stereocenters. The van der Waals surface area contributed by atoms with Gasteiger partial charge in [-0.3, -0.25) is 4.79 Å². The van der Waals surface area contributed by atoms with E-state index in [1.165, 1.54) is 19.3 Å². The number of nitrogens with zero attached hydrogens (tertiary/aromatic N) is 1. The maximum absolute atomic E-state index is 12.6. The zero-order valence-corrected chi connectivity index (χ0v) is 14.7. The zero-order chi connectivity index (χ0) is 16.9. The minimum Gasteiger partial charge on any atom is -0.354 e. The molecule has 4 nitrogen and oxygen atoms in total. The van der Waals surface area contributed by atoms with Gasteiger partial charge in [-0.15, -0.1) is 0 Å². The monoisotopic (exact) mass is 317 g/mol. The summed E-state index contributed by atoms with van der Waals surface area (Å²) >= 11 is 0. The third-order valence-corrected chi connectivity index (χ3v) is 5.46. The maximum Gasteiger partial charge on any atom is 0.224 e. The molecule has 0 saturated heterocycles. The SMILES string of the molecule is CC(C(=O)NCC1(N(C)C)CCCCC1)C(N)c1ccccc1. The normalized spacial score (nSPS) is 20.0. The van der Waals surface area contributed by atoms with E-state index < -0.39 is 0 Å². The molecule has 1 amide bonds. The van der Waals surface area contributed by atoms with Crippen LogP contribution in [0.2, 0.25) is 0 Å². The summed E-state index contributed by atoms with van der Waals surface area (Å²) in [5.41, 5.74) is 7.38. The second kappa shape index (κ2) is 7.93. The maximum atomic E-state index is 12.6. The molecule has 1 saturated carbocycles. The van der Waals surface area contributed by atoms with Crippen molar-refractivity contribution in [2.75, 3.05) is 20.6 Å². The third-order valence-electron chi connectivity index (χ3n) is 5.46. The Balaban J connectivity index is 1.95. The van der Waals surface area contributed by atoms with Gasteiger partial charge in [-0.2, -0.15) is 0 Å². The fourth-order valence-electron chi connectivity index (χ4n) is 3.53. The summed E-state index contributed by atoms with van der Waals surface area (Å²) in [4.78, 5) is 14.8. The fraction of sp³-hybridized carbons (Fsp3) is 0.632. The molecule has 128 valence electrons. The van der Waals surface area contributed by atoms with Crippen molar-refractivity contribution in [2.45, 2.75) is 50.6 Å². The fourth-order valence-corrected chi connectivity index (χ4v) is 3.53. The van der Waals surface area contributed by atoms with Gasteiger partial charge in [0.25, 0.3) is 0 Å². The Morgan fingerprint density at radius 2 is 1.83 bits per heavy atom. The number of hydrogen-bond acceptors (Lipinski definition) is 3. The second-order valence-corrected chi connectivity index (χ2v) is 7.12. The summed E-state index contributed by atoms with van der Waals surface area (Å²) in [6.45, 7) is 2.63. The second-order valence-electron chi connectivity index (χ2n) is 7.12. The Morgan fingerprint density at radius 3 is 2.39 bits per heavy atom. The lowest BCUT2D eigenvalue weighted by molar-refractivity contribution is -0.125. The molecule has 4 heteroatoms. The lowest BCUT2D eigenvalue weighted by Gasteiger charge is -2.43. The average molecular weight is 317 g/mol. The van der Waals surface area contributed by atoms with Crippen LogP contribution in [0.5, 0.6) is 0 Å². The van der Waals surface area contributed by atoms with Crippen LogP contribution in [0, 0.1) is 5.92 Å². The van der Waals surface area contributed by atoms with Gasteiger partial charge in [-0.05, 0) is 32.5 Å². The van der Waals surface area contributed by atoms with Crippen molar-refractivity contribution >= 4 is 5.91 Å². The number of carbonyl (C=O) groups excluding carboxylic acids is 1. The van der Waals surface area contributed by atoms with E-state index in [2.05, 4.69) is 24.3 Å². The molecule has 3 N–H and O–H groups in total. The van der Waals surface area contributed by atoms with Crippen LogP contribution in [0.15, 0.2) is 30.3 Å². The van der Waals surface area contributed by atoms with Crippen LogP contribution in [0.1, 0.15) is 50.6 Å². The Bertz CT molecular complexity index is 495. The number of carbonyl (C=O) groups is 1. The molecule has 0 spiro atoms. The van der Waals surface area contributed by atoms with Crippen molar-refractivity contribution in [2.24, 2.45) is 11.7 Å². The molecule has 0 aliphatic heterocycles. The molecule has 0 heterocycles. The minimum absolute atomic E-state index is 0.0492. The van der Waals surface area contributed by atoms with Gasteiger partial charge in [0.1, 0.15) is 0 Å². The van der Waals surface area contributed by atoms with E-state index in [0.29, 0.717) is 6.54 Å². The summed E-state index contributed by atoms with van der Waals surface area (Å²) in [5, 5.41) is 3.16. The Hall–Kier alpha value is -1.39. The van der Waals surface area contributed by atoms with Crippen molar-refractivity contribution in [3.63, 3.8) is 0 Å². The van der Waals surface area contributed by atoms with E-state index in [4.69, 9.17) is 5.73 Å². The van der Waals surface area contributed by atoms with Crippen molar-refractivity contribution in [3.05, 3.63) is 35.9 Å². The number of hydrogen-bond donors (Lipinski definition) is 2. The van der Waals surface area contributed by atoms with Gasteiger partial charge in [0.2, 0.25) is 5.91 Å². The smallest absolute Gasteiger partial charge is 0.224 e. The summed E-state index contributed by atoms with van der Waals surface area (Å²) in [6.07, 6.45) is 6.10. The van der Waals surface area contributed by atoms with Crippen LogP contribution in [-0.2, 0) is 4.79 Å². The Labute approximate surface area is 140 Å². The molecule has 1 aromatic carbocycles. The number of amides is 1. The number of likely N-dealkylation sites (N-methyl/N-ethyl adjacent to an activating group) is 1. The Kier molecular flexibility index (Phi) is 6.19. The molecule has 2 rings (SSSR count). The highest BCUT2D eigenvalue weighted by atomic mass is 16.1. The van der Waals surface area contributed by atoms with Gasteiger partial charge in [0.05, 0.1) is 5.92 Å². The van der Waals surface area contributed by atoms with E-state index in [1.54, 1.807) is 0 Å². The van der Waals surface area contributed by atoms with Gasteiger partial charge in [0, 0.05) is 18.1 Å². The quantitative estimate of drug-likeness (QED) is 0.848. The molecule has 0 bridgehead atoms. The van der Waals surface area contributed by atoms with Crippen molar-refractivity contribution in [3.8, 4) is 0 Å². The highest BCUT2D eigenvalue weighted by Gasteiger charge is 2.35. The van der Waals surface area contributed by atoms with Crippen LogP contribution in [0.4, 0.5) is 0 Å². The van der Waals surface area contributed by atoms with E-state index >= 15 is 0 Å². The van der Waals surface area contributed by atoms with Gasteiger partial charge >= 0.3 is 0 Å².